The average Bonchev–Trinajstić information content (AvgIpc) is 2.10. The Kier molecular flexibility index (Phi) is 5.56. The lowest BCUT2D eigenvalue weighted by atomic mass is 10.2. The van der Waals surface area contributed by atoms with Crippen molar-refractivity contribution in [3.63, 3.8) is 0 Å². The van der Waals surface area contributed by atoms with Crippen molar-refractivity contribution >= 4 is 18.2 Å². The summed E-state index contributed by atoms with van der Waals surface area (Å²) >= 11 is 0. The van der Waals surface area contributed by atoms with Crippen LogP contribution < -0.4 is 11.2 Å². The van der Waals surface area contributed by atoms with Crippen molar-refractivity contribution in [3.05, 3.63) is 10.1 Å². The van der Waals surface area contributed by atoms with Gasteiger partial charge in [-0.3, -0.25) is 4.79 Å². The molecule has 0 aromatic carbocycles. The van der Waals surface area contributed by atoms with E-state index in [1.54, 1.807) is 0 Å². The van der Waals surface area contributed by atoms with E-state index in [0.29, 0.717) is 0 Å². The van der Waals surface area contributed by atoms with E-state index in [1.165, 1.54) is 5.43 Å². The second-order valence-corrected chi connectivity index (χ2v) is 2.51. The number of carboxylic acids is 1. The molecule has 0 aliphatic carbocycles. The van der Waals surface area contributed by atoms with Crippen LogP contribution in [-0.2, 0) is 4.79 Å². The van der Waals surface area contributed by atoms with Gasteiger partial charge in [0.2, 0.25) is 0 Å². The Morgan fingerprint density at radius 3 is 2.73 bits per heavy atom. The lowest BCUT2D eigenvalue weighted by Crippen LogP contribution is -2.30. The Morgan fingerprint density at radius 2 is 2.27 bits per heavy atom. The first-order valence-corrected chi connectivity index (χ1v) is 3.89. The number of nitrogens with zero attached hydrogens (tertiary/aromatic N) is 2. The van der Waals surface area contributed by atoms with Crippen molar-refractivity contribution in [1.82, 2.24) is 5.43 Å². The van der Waals surface area contributed by atoms with E-state index in [9.17, 15) is 19.7 Å². The minimum Gasteiger partial charge on any atom is -0.480 e. The van der Waals surface area contributed by atoms with E-state index < -0.39 is 23.1 Å². The van der Waals surface area contributed by atoms with Crippen LogP contribution in [0.15, 0.2) is 4.99 Å². The molecule has 0 aromatic rings. The van der Waals surface area contributed by atoms with Gasteiger partial charge in [-0.2, -0.15) is 0 Å². The molecule has 0 bridgehead atoms. The van der Waals surface area contributed by atoms with Crippen LogP contribution in [0.2, 0.25) is 0 Å². The molecule has 0 spiro atoms. The molecule has 84 valence electrons. The number of carbonyl (C=O) groups excluding carboxylic acids is 1. The minimum absolute atomic E-state index is 0.102. The summed E-state index contributed by atoms with van der Waals surface area (Å²) in [6.45, 7) is 0. The van der Waals surface area contributed by atoms with Crippen molar-refractivity contribution in [1.29, 1.82) is 0 Å². The molecule has 0 unspecified atom stereocenters. The average molecular weight is 218 g/mol. The van der Waals surface area contributed by atoms with E-state index in [4.69, 9.17) is 10.8 Å². The van der Waals surface area contributed by atoms with Crippen molar-refractivity contribution in [3.8, 4) is 0 Å². The number of urea groups is 1. The predicted molar refractivity (Wildman–Crippen MR) is 48.9 cm³/mol. The molecule has 15 heavy (non-hydrogen) atoms. The molecule has 0 aromatic heterocycles. The number of nitrogens with one attached hydrogen (secondary N) is 1. The fourth-order valence-electron chi connectivity index (χ4n) is 0.632. The normalized spacial score (nSPS) is 12.3. The van der Waals surface area contributed by atoms with Gasteiger partial charge in [-0.25, -0.2) is 19.9 Å². The fourth-order valence-corrected chi connectivity index (χ4v) is 0.632. The summed E-state index contributed by atoms with van der Waals surface area (Å²) in [7, 11) is 0. The molecular formula is C6H10N4O5. The molecule has 0 aliphatic rings. The Balaban J connectivity index is 3.76. The Bertz CT molecular complexity index is 289. The SMILES string of the molecule is N[C@@H](CCC=NC(=O)N[N+](=O)[O-])C(=O)O. The first-order valence-electron chi connectivity index (χ1n) is 3.89. The number of aliphatic carboxylic acids is 1. The minimum atomic E-state index is -1.15. The van der Waals surface area contributed by atoms with Crippen molar-refractivity contribution in [2.24, 2.45) is 10.7 Å². The molecule has 9 nitrogen and oxygen atoms in total. The van der Waals surface area contributed by atoms with Gasteiger partial charge in [-0.05, 0) is 18.3 Å². The summed E-state index contributed by atoms with van der Waals surface area (Å²) in [4.78, 5) is 33.6. The quantitative estimate of drug-likeness (QED) is 0.311. The molecule has 0 aliphatic heterocycles. The molecule has 9 heteroatoms. The fraction of sp³-hybridized carbons (Fsp3) is 0.500. The molecule has 0 rings (SSSR count). The Morgan fingerprint density at radius 1 is 1.67 bits per heavy atom. The maximum absolute atomic E-state index is 10.5. The number of carbonyl (C=O) groups is 2. The first-order chi connectivity index (χ1) is 6.93. The predicted octanol–water partition coefficient (Wildman–Crippen LogP) is -0.849. The molecule has 0 heterocycles. The third-order valence-electron chi connectivity index (χ3n) is 1.32. The summed E-state index contributed by atoms with van der Waals surface area (Å²) < 4.78 is 0. The molecular weight excluding hydrogens is 208 g/mol. The van der Waals surface area contributed by atoms with Crippen LogP contribution >= 0.6 is 0 Å². The van der Waals surface area contributed by atoms with Gasteiger partial charge >= 0.3 is 12.0 Å². The summed E-state index contributed by atoms with van der Waals surface area (Å²) in [5, 5.41) is 17.1. The molecule has 4 N–H and O–H groups in total. The monoisotopic (exact) mass is 218 g/mol. The molecule has 1 atom stereocenters. The first kappa shape index (κ1) is 13.0. The number of aliphatic imine (C=N–C) groups is 1. The third-order valence-corrected chi connectivity index (χ3v) is 1.32. The molecule has 0 saturated heterocycles. The lowest BCUT2D eigenvalue weighted by molar-refractivity contribution is -0.527. The van der Waals surface area contributed by atoms with Crippen LogP contribution in [0.3, 0.4) is 0 Å². The molecule has 0 fully saturated rings. The van der Waals surface area contributed by atoms with Gasteiger partial charge in [0.05, 0.1) is 0 Å². The van der Waals surface area contributed by atoms with Gasteiger partial charge in [-0.1, -0.05) is 0 Å². The molecule has 0 saturated carbocycles. The van der Waals surface area contributed by atoms with Crippen LogP contribution in [0, 0.1) is 10.1 Å². The van der Waals surface area contributed by atoms with E-state index in [2.05, 4.69) is 4.99 Å². The van der Waals surface area contributed by atoms with Gasteiger partial charge < -0.3 is 10.8 Å². The van der Waals surface area contributed by atoms with Crippen molar-refractivity contribution in [2.45, 2.75) is 18.9 Å². The molecule has 2 amide bonds. The number of carboxylic acid groups (broad SMARTS) is 1. The zero-order chi connectivity index (χ0) is 11.8. The maximum atomic E-state index is 10.5. The van der Waals surface area contributed by atoms with Crippen LogP contribution in [0.25, 0.3) is 0 Å². The second-order valence-electron chi connectivity index (χ2n) is 2.51. The smallest absolute Gasteiger partial charge is 0.398 e. The van der Waals surface area contributed by atoms with Crippen molar-refractivity contribution < 1.29 is 19.7 Å². The van der Waals surface area contributed by atoms with Gasteiger partial charge in [0.25, 0.3) is 0 Å². The van der Waals surface area contributed by atoms with E-state index >= 15 is 0 Å². The summed E-state index contributed by atoms with van der Waals surface area (Å²) in [6.07, 6.45) is 1.32. The van der Waals surface area contributed by atoms with Gasteiger partial charge in [-0.15, -0.1) is 0 Å². The highest BCUT2D eigenvalue weighted by Gasteiger charge is 2.09. The van der Waals surface area contributed by atoms with E-state index in [-0.39, 0.29) is 12.8 Å². The van der Waals surface area contributed by atoms with Crippen molar-refractivity contribution in [2.75, 3.05) is 0 Å². The zero-order valence-corrected chi connectivity index (χ0v) is 7.62. The highest BCUT2D eigenvalue weighted by atomic mass is 16.7. The largest absolute Gasteiger partial charge is 0.480 e. The Labute approximate surface area is 84.1 Å². The van der Waals surface area contributed by atoms with Gasteiger partial charge in [0, 0.05) is 6.21 Å². The second kappa shape index (κ2) is 6.43. The summed E-state index contributed by atoms with van der Waals surface area (Å²) in [6, 6.07) is -2.15. The van der Waals surface area contributed by atoms with Gasteiger partial charge in [0.1, 0.15) is 6.04 Å². The maximum Gasteiger partial charge on any atom is 0.398 e. The topological polar surface area (TPSA) is 148 Å². The van der Waals surface area contributed by atoms with Gasteiger partial charge in [0.15, 0.2) is 5.03 Å². The Hall–Kier alpha value is -2.03. The number of hydrogen-bond acceptors (Lipinski definition) is 5. The van der Waals surface area contributed by atoms with E-state index in [0.717, 1.165) is 6.21 Å². The number of nitrogens with two attached hydrogens (primary N) is 1. The number of amides is 2. The molecule has 0 radical (unpaired) electrons. The highest BCUT2D eigenvalue weighted by Crippen LogP contribution is 1.92. The summed E-state index contributed by atoms with van der Waals surface area (Å²) in [5.41, 5.74) is 6.44. The number of hydrogen-bond donors (Lipinski definition) is 3. The zero-order valence-electron chi connectivity index (χ0n) is 7.62. The highest BCUT2D eigenvalue weighted by molar-refractivity contribution is 5.82. The lowest BCUT2D eigenvalue weighted by Gasteiger charge is -2.01. The third kappa shape index (κ3) is 7.07. The van der Waals surface area contributed by atoms with Crippen LogP contribution in [0.4, 0.5) is 4.79 Å². The number of rotatable bonds is 5. The van der Waals surface area contributed by atoms with Crippen LogP contribution in [0.1, 0.15) is 12.8 Å². The number of nitro groups is 1. The summed E-state index contributed by atoms with van der Waals surface area (Å²) in [5.74, 6) is -1.15. The van der Waals surface area contributed by atoms with Crippen LogP contribution in [-0.4, -0.2) is 34.4 Å². The standard InChI is InChI=1S/C6H10N4O5/c7-4(5(11)12)2-1-3-8-6(13)9-10(14)15/h3-4H,1-2,7H2,(H,9,13)(H,11,12)/t4-/m0/s1. The van der Waals surface area contributed by atoms with Crippen LogP contribution in [0.5, 0.6) is 0 Å². The van der Waals surface area contributed by atoms with E-state index in [1.807, 2.05) is 0 Å². The number of hydrazine groups is 1.